The monoisotopic (exact) mass is 358 g/mol. The summed E-state index contributed by atoms with van der Waals surface area (Å²) in [4.78, 5) is 11.9. The highest BCUT2D eigenvalue weighted by atomic mass is 35.5. The summed E-state index contributed by atoms with van der Waals surface area (Å²) in [6.45, 7) is 1.49. The zero-order chi connectivity index (χ0) is 18.0. The van der Waals surface area contributed by atoms with E-state index in [1.807, 2.05) is 36.4 Å². The van der Waals surface area contributed by atoms with E-state index in [2.05, 4.69) is 10.5 Å². The van der Waals surface area contributed by atoms with E-state index in [0.717, 1.165) is 17.0 Å². The molecule has 0 saturated carbocycles. The molecule has 2 aromatic rings. The first-order chi connectivity index (χ1) is 12.0. The number of ketones is 1. The molecule has 3 rings (SSSR count). The molecule has 7 heteroatoms. The fourth-order valence-corrected chi connectivity index (χ4v) is 2.76. The number of nitrogens with one attached hydrogen (secondary N) is 1. The number of methoxy groups -OCH3 is 1. The Morgan fingerprint density at radius 3 is 2.36 bits per heavy atom. The predicted molar refractivity (Wildman–Crippen MR) is 98.7 cm³/mol. The summed E-state index contributed by atoms with van der Waals surface area (Å²) in [6, 6.07) is 15.0. The van der Waals surface area contributed by atoms with E-state index in [9.17, 15) is 4.79 Å². The molecule has 0 spiro atoms. The summed E-state index contributed by atoms with van der Waals surface area (Å²) in [5.41, 5.74) is 5.10. The van der Waals surface area contributed by atoms with E-state index in [1.54, 1.807) is 36.3 Å². The molecule has 1 aliphatic rings. The third-order valence-corrected chi connectivity index (χ3v) is 4.17. The van der Waals surface area contributed by atoms with Gasteiger partial charge in [0.15, 0.2) is 5.78 Å². The normalized spacial score (nSPS) is 17.3. The van der Waals surface area contributed by atoms with E-state index < -0.39 is 0 Å². The van der Waals surface area contributed by atoms with Crippen LogP contribution in [0, 0.1) is 0 Å². The molecule has 0 saturated heterocycles. The molecule has 0 aliphatic carbocycles. The zero-order valence-corrected chi connectivity index (χ0v) is 15.0. The maximum Gasteiger partial charge on any atom is 0.206 e. The van der Waals surface area contributed by atoms with Gasteiger partial charge in [0.25, 0.3) is 0 Å². The SMILES string of the molecule is COc1ccc(C2NN(C)C(C(C)=O)=NN2c2ccc(Cl)cc2)cc1. The van der Waals surface area contributed by atoms with Crippen molar-refractivity contribution >= 4 is 28.9 Å². The van der Waals surface area contributed by atoms with Crippen molar-refractivity contribution in [1.29, 1.82) is 0 Å². The van der Waals surface area contributed by atoms with Crippen LogP contribution < -0.4 is 15.2 Å². The molecule has 0 bridgehead atoms. The van der Waals surface area contributed by atoms with Crippen LogP contribution in [0.4, 0.5) is 5.69 Å². The lowest BCUT2D eigenvalue weighted by Crippen LogP contribution is -2.54. The maximum atomic E-state index is 11.9. The van der Waals surface area contributed by atoms with Crippen molar-refractivity contribution in [3.05, 3.63) is 59.1 Å². The summed E-state index contributed by atoms with van der Waals surface area (Å²) in [5.74, 6) is 0.987. The summed E-state index contributed by atoms with van der Waals surface area (Å²) < 4.78 is 5.22. The van der Waals surface area contributed by atoms with E-state index in [4.69, 9.17) is 16.3 Å². The van der Waals surface area contributed by atoms with Gasteiger partial charge >= 0.3 is 0 Å². The first-order valence-electron chi connectivity index (χ1n) is 7.78. The number of nitrogens with zero attached hydrogens (tertiary/aromatic N) is 3. The second-order valence-electron chi connectivity index (χ2n) is 5.66. The number of ether oxygens (including phenoxy) is 1. The van der Waals surface area contributed by atoms with Crippen LogP contribution in [0.25, 0.3) is 0 Å². The lowest BCUT2D eigenvalue weighted by atomic mass is 10.1. The van der Waals surface area contributed by atoms with Crippen molar-refractivity contribution in [2.45, 2.75) is 13.1 Å². The number of benzene rings is 2. The largest absolute Gasteiger partial charge is 0.497 e. The van der Waals surface area contributed by atoms with E-state index >= 15 is 0 Å². The minimum atomic E-state index is -0.278. The number of likely N-dealkylation sites (N-methyl/N-ethyl adjacent to an activating group) is 1. The molecule has 1 N–H and O–H groups in total. The lowest BCUT2D eigenvalue weighted by molar-refractivity contribution is -0.112. The van der Waals surface area contributed by atoms with Gasteiger partial charge in [-0.2, -0.15) is 0 Å². The minimum Gasteiger partial charge on any atom is -0.497 e. The number of halogens is 1. The Labute approximate surface area is 151 Å². The topological polar surface area (TPSA) is 57.2 Å². The number of Topliss-reactive ketones (excluding diaryl/α,β-unsaturated/α-hetero) is 1. The molecule has 2 aromatic carbocycles. The number of hydrogen-bond acceptors (Lipinski definition) is 6. The van der Waals surface area contributed by atoms with Gasteiger partial charge in [-0.1, -0.05) is 23.7 Å². The smallest absolute Gasteiger partial charge is 0.206 e. The quantitative estimate of drug-likeness (QED) is 0.909. The molecular formula is C18H19ClN4O2. The molecule has 25 heavy (non-hydrogen) atoms. The third kappa shape index (κ3) is 3.60. The Morgan fingerprint density at radius 1 is 1.16 bits per heavy atom. The van der Waals surface area contributed by atoms with Gasteiger partial charge in [0.2, 0.25) is 5.84 Å². The second-order valence-corrected chi connectivity index (χ2v) is 6.10. The van der Waals surface area contributed by atoms with Gasteiger partial charge in [-0.3, -0.25) is 9.80 Å². The Kier molecular flexibility index (Phi) is 4.92. The number of carbonyl (C=O) groups excluding carboxylic acids is 1. The molecule has 0 amide bonds. The first-order valence-corrected chi connectivity index (χ1v) is 8.15. The second kappa shape index (κ2) is 7.13. The fourth-order valence-electron chi connectivity index (χ4n) is 2.64. The van der Waals surface area contributed by atoms with Gasteiger partial charge in [0.1, 0.15) is 11.9 Å². The van der Waals surface area contributed by atoms with Crippen LogP contribution in [0.1, 0.15) is 18.7 Å². The van der Waals surface area contributed by atoms with Crippen molar-refractivity contribution in [2.75, 3.05) is 19.2 Å². The Hall–Kier alpha value is -2.57. The first kappa shape index (κ1) is 17.3. The van der Waals surface area contributed by atoms with Gasteiger partial charge in [-0.15, -0.1) is 5.10 Å². The molecule has 1 heterocycles. The standard InChI is InChI=1S/C18H19ClN4O2/c1-12(24)17-21-23(15-8-6-14(19)7-9-15)18(20-22(17)2)13-4-10-16(25-3)11-5-13/h4-11,18,20H,1-3H3. The number of hydrogen-bond donors (Lipinski definition) is 1. The number of anilines is 1. The average Bonchev–Trinajstić information content (AvgIpc) is 2.62. The highest BCUT2D eigenvalue weighted by Gasteiger charge is 2.30. The molecule has 0 fully saturated rings. The van der Waals surface area contributed by atoms with Crippen LogP contribution >= 0.6 is 11.6 Å². The van der Waals surface area contributed by atoms with Crippen LogP contribution in [0.5, 0.6) is 5.75 Å². The van der Waals surface area contributed by atoms with Gasteiger partial charge in [0, 0.05) is 19.0 Å². The van der Waals surface area contributed by atoms with E-state index in [0.29, 0.717) is 10.9 Å². The summed E-state index contributed by atoms with van der Waals surface area (Å²) >= 11 is 5.99. The van der Waals surface area contributed by atoms with E-state index in [-0.39, 0.29) is 11.9 Å². The summed E-state index contributed by atoms with van der Waals surface area (Å²) in [5, 5.41) is 8.61. The van der Waals surface area contributed by atoms with Crippen LogP contribution in [0.2, 0.25) is 5.02 Å². The van der Waals surface area contributed by atoms with Crippen LogP contribution in [0.3, 0.4) is 0 Å². The highest BCUT2D eigenvalue weighted by Crippen LogP contribution is 2.30. The van der Waals surface area contributed by atoms with Gasteiger partial charge in [0.05, 0.1) is 12.8 Å². The van der Waals surface area contributed by atoms with Crippen molar-refractivity contribution in [3.63, 3.8) is 0 Å². The highest BCUT2D eigenvalue weighted by molar-refractivity contribution is 6.37. The fraction of sp³-hybridized carbons (Fsp3) is 0.222. The zero-order valence-electron chi connectivity index (χ0n) is 14.2. The van der Waals surface area contributed by atoms with Crippen molar-refractivity contribution in [1.82, 2.24) is 10.4 Å². The van der Waals surface area contributed by atoms with E-state index in [1.165, 1.54) is 6.92 Å². The molecule has 130 valence electrons. The number of hydrazone groups is 1. The molecule has 0 aromatic heterocycles. The van der Waals surface area contributed by atoms with Crippen molar-refractivity contribution in [3.8, 4) is 5.75 Å². The number of rotatable bonds is 4. The Balaban J connectivity index is 2.04. The molecule has 1 unspecified atom stereocenters. The lowest BCUT2D eigenvalue weighted by Gasteiger charge is -2.39. The molecule has 1 atom stereocenters. The third-order valence-electron chi connectivity index (χ3n) is 3.92. The Morgan fingerprint density at radius 2 is 1.80 bits per heavy atom. The average molecular weight is 359 g/mol. The maximum absolute atomic E-state index is 11.9. The summed E-state index contributed by atoms with van der Waals surface area (Å²) in [6.07, 6.45) is -0.278. The number of hydrazine groups is 1. The molecule has 1 aliphatic heterocycles. The molecule has 6 nitrogen and oxygen atoms in total. The van der Waals surface area contributed by atoms with Crippen LogP contribution in [-0.2, 0) is 4.79 Å². The van der Waals surface area contributed by atoms with Crippen LogP contribution in [-0.4, -0.2) is 30.8 Å². The number of amidine groups is 1. The van der Waals surface area contributed by atoms with Gasteiger partial charge in [-0.05, 0) is 42.0 Å². The van der Waals surface area contributed by atoms with Gasteiger partial charge < -0.3 is 4.74 Å². The molecule has 0 radical (unpaired) electrons. The number of carbonyl (C=O) groups is 1. The van der Waals surface area contributed by atoms with Crippen molar-refractivity contribution < 1.29 is 9.53 Å². The minimum absolute atomic E-state index is 0.123. The predicted octanol–water partition coefficient (Wildman–Crippen LogP) is 3.21. The van der Waals surface area contributed by atoms with Crippen LogP contribution in [0.15, 0.2) is 53.6 Å². The summed E-state index contributed by atoms with van der Waals surface area (Å²) in [7, 11) is 3.40. The van der Waals surface area contributed by atoms with Crippen molar-refractivity contribution in [2.24, 2.45) is 5.10 Å². The van der Waals surface area contributed by atoms with Gasteiger partial charge in [-0.25, -0.2) is 10.4 Å². The Bertz CT molecular complexity index is 790. The molecular weight excluding hydrogens is 340 g/mol.